The summed E-state index contributed by atoms with van der Waals surface area (Å²) in [6.07, 6.45) is -2.06. The summed E-state index contributed by atoms with van der Waals surface area (Å²) < 4.78 is 36.3. The van der Waals surface area contributed by atoms with Crippen LogP contribution in [-0.2, 0) is 0 Å². The van der Waals surface area contributed by atoms with Gasteiger partial charge in [0.2, 0.25) is 0 Å². The fourth-order valence-electron chi connectivity index (χ4n) is 1.85. The molecule has 0 aromatic carbocycles. The Balaban J connectivity index is 2.13. The third-order valence-corrected chi connectivity index (χ3v) is 2.99. The van der Waals surface area contributed by atoms with Crippen LogP contribution in [0.4, 0.5) is 13.2 Å². The van der Waals surface area contributed by atoms with Crippen molar-refractivity contribution in [2.24, 2.45) is 0 Å². The van der Waals surface area contributed by atoms with Crippen LogP contribution in [0, 0.1) is 0 Å². The van der Waals surface area contributed by atoms with E-state index in [1.807, 2.05) is 0 Å². The van der Waals surface area contributed by atoms with Crippen molar-refractivity contribution in [1.82, 2.24) is 9.80 Å². The molecule has 0 unspecified atom stereocenters. The largest absolute Gasteiger partial charge is 0.401 e. The van der Waals surface area contributed by atoms with E-state index in [1.54, 1.807) is 0 Å². The van der Waals surface area contributed by atoms with Crippen LogP contribution >= 0.6 is 11.6 Å². The Hall–Kier alpha value is 0. The maximum absolute atomic E-state index is 12.1. The van der Waals surface area contributed by atoms with E-state index in [1.165, 1.54) is 4.90 Å². The second-order valence-corrected chi connectivity index (χ2v) is 4.51. The van der Waals surface area contributed by atoms with Gasteiger partial charge in [0.1, 0.15) is 0 Å². The van der Waals surface area contributed by atoms with Gasteiger partial charge in [-0.05, 0) is 19.4 Å². The Bertz CT molecular complexity index is 191. The van der Waals surface area contributed by atoms with Gasteiger partial charge in [-0.15, -0.1) is 11.6 Å². The number of alkyl halides is 4. The number of piperazine rings is 1. The van der Waals surface area contributed by atoms with Crippen LogP contribution in [-0.4, -0.2) is 61.1 Å². The summed E-state index contributed by atoms with van der Waals surface area (Å²) in [5, 5.41) is 0. The van der Waals surface area contributed by atoms with Gasteiger partial charge < -0.3 is 4.90 Å². The summed E-state index contributed by atoms with van der Waals surface area (Å²) in [6.45, 7) is 2.67. The average molecular weight is 259 g/mol. The van der Waals surface area contributed by atoms with Gasteiger partial charge in [-0.1, -0.05) is 0 Å². The van der Waals surface area contributed by atoms with E-state index < -0.39 is 12.7 Å². The van der Waals surface area contributed by atoms with Crippen molar-refractivity contribution in [2.45, 2.75) is 19.0 Å². The van der Waals surface area contributed by atoms with E-state index >= 15 is 0 Å². The van der Waals surface area contributed by atoms with Crippen LogP contribution in [0.15, 0.2) is 0 Å². The smallest absolute Gasteiger partial charge is 0.301 e. The summed E-state index contributed by atoms with van der Waals surface area (Å²) in [7, 11) is 0. The van der Waals surface area contributed by atoms with E-state index in [4.69, 9.17) is 11.6 Å². The van der Waals surface area contributed by atoms with E-state index in [-0.39, 0.29) is 0 Å². The van der Waals surface area contributed by atoms with Gasteiger partial charge in [-0.3, -0.25) is 4.90 Å². The Labute approximate surface area is 99.3 Å². The monoisotopic (exact) mass is 258 g/mol. The van der Waals surface area contributed by atoms with E-state index in [0.29, 0.717) is 19.0 Å². The van der Waals surface area contributed by atoms with Gasteiger partial charge >= 0.3 is 6.18 Å². The molecular formula is C10H18ClF3N2. The molecule has 0 aromatic rings. The van der Waals surface area contributed by atoms with Gasteiger partial charge in [-0.2, -0.15) is 13.2 Å². The first-order valence-electron chi connectivity index (χ1n) is 5.59. The number of rotatable bonds is 5. The zero-order chi connectivity index (χ0) is 12.0. The molecule has 6 heteroatoms. The van der Waals surface area contributed by atoms with Gasteiger partial charge in [0.15, 0.2) is 0 Å². The molecule has 1 heterocycles. The standard InChI is InChI=1S/C10H18ClF3N2/c11-3-1-2-4-15-5-7-16(8-6-15)9-10(12,13)14/h1-9H2. The van der Waals surface area contributed by atoms with Crippen molar-refractivity contribution >= 4 is 11.6 Å². The molecule has 0 amide bonds. The molecule has 0 aromatic heterocycles. The Morgan fingerprint density at radius 1 is 0.938 bits per heavy atom. The number of halogens is 4. The first kappa shape index (κ1) is 14.1. The highest BCUT2D eigenvalue weighted by Crippen LogP contribution is 2.17. The quantitative estimate of drug-likeness (QED) is 0.551. The fourth-order valence-corrected chi connectivity index (χ4v) is 2.04. The summed E-state index contributed by atoms with van der Waals surface area (Å²) in [4.78, 5) is 3.68. The van der Waals surface area contributed by atoms with Gasteiger partial charge in [0.25, 0.3) is 0 Å². The second kappa shape index (κ2) is 6.67. The van der Waals surface area contributed by atoms with Crippen LogP contribution in [0.5, 0.6) is 0 Å². The third kappa shape index (κ3) is 5.92. The summed E-state index contributed by atoms with van der Waals surface area (Å²) in [5.41, 5.74) is 0. The lowest BCUT2D eigenvalue weighted by Gasteiger charge is -2.34. The normalized spacial score (nSPS) is 20.2. The maximum atomic E-state index is 12.1. The highest BCUT2D eigenvalue weighted by Gasteiger charge is 2.31. The molecule has 1 aliphatic heterocycles. The highest BCUT2D eigenvalue weighted by molar-refractivity contribution is 6.17. The topological polar surface area (TPSA) is 6.48 Å². The van der Waals surface area contributed by atoms with Crippen molar-refractivity contribution < 1.29 is 13.2 Å². The maximum Gasteiger partial charge on any atom is 0.401 e. The minimum atomic E-state index is -4.07. The minimum absolute atomic E-state index is 0.514. The van der Waals surface area contributed by atoms with Crippen molar-refractivity contribution in [3.05, 3.63) is 0 Å². The molecule has 96 valence electrons. The average Bonchev–Trinajstić information content (AvgIpc) is 2.19. The van der Waals surface area contributed by atoms with E-state index in [9.17, 15) is 13.2 Å². The Morgan fingerprint density at radius 3 is 2.00 bits per heavy atom. The number of nitrogens with zero attached hydrogens (tertiary/aromatic N) is 2. The predicted molar refractivity (Wildman–Crippen MR) is 58.9 cm³/mol. The van der Waals surface area contributed by atoms with Crippen LogP contribution in [0.2, 0.25) is 0 Å². The molecule has 16 heavy (non-hydrogen) atoms. The number of hydrogen-bond acceptors (Lipinski definition) is 2. The Kier molecular flexibility index (Phi) is 5.86. The Morgan fingerprint density at radius 2 is 1.50 bits per heavy atom. The lowest BCUT2D eigenvalue weighted by atomic mass is 10.2. The molecule has 0 radical (unpaired) electrons. The molecule has 0 saturated carbocycles. The van der Waals surface area contributed by atoms with E-state index in [2.05, 4.69) is 4.90 Å². The summed E-state index contributed by atoms with van der Waals surface area (Å²) in [5.74, 6) is 0.661. The number of unbranched alkanes of at least 4 members (excludes halogenated alkanes) is 1. The van der Waals surface area contributed by atoms with Gasteiger partial charge in [0, 0.05) is 32.1 Å². The molecule has 0 aliphatic carbocycles. The van der Waals surface area contributed by atoms with Crippen molar-refractivity contribution in [1.29, 1.82) is 0 Å². The fraction of sp³-hybridized carbons (Fsp3) is 1.00. The second-order valence-electron chi connectivity index (χ2n) is 4.13. The van der Waals surface area contributed by atoms with Crippen LogP contribution in [0.1, 0.15) is 12.8 Å². The van der Waals surface area contributed by atoms with Crippen molar-refractivity contribution in [3.63, 3.8) is 0 Å². The summed E-state index contributed by atoms with van der Waals surface area (Å²) >= 11 is 5.56. The lowest BCUT2D eigenvalue weighted by molar-refractivity contribution is -0.149. The zero-order valence-electron chi connectivity index (χ0n) is 9.27. The highest BCUT2D eigenvalue weighted by atomic mass is 35.5. The van der Waals surface area contributed by atoms with E-state index in [0.717, 1.165) is 32.5 Å². The van der Waals surface area contributed by atoms with Crippen LogP contribution in [0.25, 0.3) is 0 Å². The molecule has 2 nitrogen and oxygen atoms in total. The molecular weight excluding hydrogens is 241 g/mol. The first-order valence-corrected chi connectivity index (χ1v) is 6.12. The molecule has 0 bridgehead atoms. The molecule has 1 saturated heterocycles. The predicted octanol–water partition coefficient (Wildman–Crippen LogP) is 2.19. The van der Waals surface area contributed by atoms with Crippen molar-refractivity contribution in [2.75, 3.05) is 45.1 Å². The third-order valence-electron chi connectivity index (χ3n) is 2.73. The van der Waals surface area contributed by atoms with Gasteiger partial charge in [-0.25, -0.2) is 0 Å². The number of hydrogen-bond donors (Lipinski definition) is 0. The molecule has 0 atom stereocenters. The SMILES string of the molecule is FC(F)(F)CN1CCN(CCCCCl)CC1. The van der Waals surface area contributed by atoms with Crippen molar-refractivity contribution in [3.8, 4) is 0 Å². The summed E-state index contributed by atoms with van der Waals surface area (Å²) in [6, 6.07) is 0. The first-order chi connectivity index (χ1) is 7.51. The molecule has 1 rings (SSSR count). The lowest BCUT2D eigenvalue weighted by Crippen LogP contribution is -2.49. The minimum Gasteiger partial charge on any atom is -0.301 e. The van der Waals surface area contributed by atoms with Crippen LogP contribution < -0.4 is 0 Å². The molecule has 1 fully saturated rings. The molecule has 0 N–H and O–H groups in total. The van der Waals surface area contributed by atoms with Gasteiger partial charge in [0.05, 0.1) is 6.54 Å². The molecule has 1 aliphatic rings. The van der Waals surface area contributed by atoms with Crippen LogP contribution in [0.3, 0.4) is 0 Å². The zero-order valence-corrected chi connectivity index (χ0v) is 10.0. The molecule has 0 spiro atoms.